The molecule has 2 N–H and O–H groups in total. The number of carboxylic acid groups (broad SMARTS) is 1. The Morgan fingerprint density at radius 2 is 1.93 bits per heavy atom. The lowest BCUT2D eigenvalue weighted by molar-refractivity contribution is -0.139. The molecule has 7 nitrogen and oxygen atoms in total. The lowest BCUT2D eigenvalue weighted by Crippen LogP contribution is -2.54. The Morgan fingerprint density at radius 3 is 2.54 bits per heavy atom. The third-order valence-corrected chi connectivity index (χ3v) is 5.73. The van der Waals surface area contributed by atoms with E-state index in [0.29, 0.717) is 23.6 Å². The summed E-state index contributed by atoms with van der Waals surface area (Å²) >= 11 is 0. The monoisotopic (exact) mass is 390 g/mol. The van der Waals surface area contributed by atoms with Crippen LogP contribution < -0.4 is 14.8 Å². The summed E-state index contributed by atoms with van der Waals surface area (Å²) in [6.45, 7) is 2.69. The minimum atomic E-state index is -0.818. The van der Waals surface area contributed by atoms with Crippen LogP contribution in [0.25, 0.3) is 0 Å². The first kappa shape index (κ1) is 20.5. The van der Waals surface area contributed by atoms with Gasteiger partial charge in [-0.1, -0.05) is 6.92 Å². The van der Waals surface area contributed by atoms with E-state index in [1.807, 2.05) is 11.8 Å². The fourth-order valence-electron chi connectivity index (χ4n) is 4.04. The van der Waals surface area contributed by atoms with Crippen molar-refractivity contribution in [3.63, 3.8) is 0 Å². The van der Waals surface area contributed by atoms with E-state index in [1.165, 1.54) is 12.8 Å². The maximum Gasteiger partial charge on any atom is 0.317 e. The summed E-state index contributed by atoms with van der Waals surface area (Å²) in [6.07, 6.45) is 6.28. The Hall–Kier alpha value is -2.28. The number of carboxylic acids is 1. The number of aliphatic carboxylic acids is 1. The predicted octanol–water partition coefficient (Wildman–Crippen LogP) is 2.68. The Bertz CT molecular complexity index is 696. The number of ether oxygens (including phenoxy) is 2. The van der Waals surface area contributed by atoms with Crippen molar-refractivity contribution in [3.05, 3.63) is 23.8 Å². The van der Waals surface area contributed by atoms with E-state index in [9.17, 15) is 9.59 Å². The number of hydrogen-bond acceptors (Lipinski definition) is 5. The minimum absolute atomic E-state index is 0.0431. The lowest BCUT2D eigenvalue weighted by Gasteiger charge is -2.42. The van der Waals surface area contributed by atoms with Gasteiger partial charge in [0.15, 0.2) is 11.5 Å². The second-order valence-corrected chi connectivity index (χ2v) is 7.64. The summed E-state index contributed by atoms with van der Waals surface area (Å²) in [5.41, 5.74) is 0.539. The van der Waals surface area contributed by atoms with Crippen LogP contribution in [-0.2, 0) is 4.79 Å². The van der Waals surface area contributed by atoms with Gasteiger partial charge in [0.1, 0.15) is 0 Å². The molecule has 7 heteroatoms. The predicted molar refractivity (Wildman–Crippen MR) is 105 cm³/mol. The van der Waals surface area contributed by atoms with Crippen LogP contribution in [0.5, 0.6) is 11.5 Å². The Balaban J connectivity index is 1.54. The average Bonchev–Trinajstić information content (AvgIpc) is 3.15. The Morgan fingerprint density at radius 1 is 1.21 bits per heavy atom. The van der Waals surface area contributed by atoms with Crippen molar-refractivity contribution in [1.29, 1.82) is 0 Å². The Kier molecular flexibility index (Phi) is 6.78. The normalized spacial score (nSPS) is 22.0. The highest BCUT2D eigenvalue weighted by atomic mass is 16.5. The van der Waals surface area contributed by atoms with E-state index in [0.717, 1.165) is 25.7 Å². The molecule has 28 heavy (non-hydrogen) atoms. The summed E-state index contributed by atoms with van der Waals surface area (Å²) in [7, 11) is 1.58. The van der Waals surface area contributed by atoms with E-state index in [2.05, 4.69) is 5.32 Å². The van der Waals surface area contributed by atoms with Crippen LogP contribution in [0.2, 0.25) is 0 Å². The number of nitrogens with one attached hydrogen (secondary N) is 1. The molecule has 2 fully saturated rings. The number of amides is 1. The van der Waals surface area contributed by atoms with Crippen molar-refractivity contribution in [1.82, 2.24) is 10.2 Å². The highest BCUT2D eigenvalue weighted by Crippen LogP contribution is 2.33. The van der Waals surface area contributed by atoms with Crippen LogP contribution >= 0.6 is 0 Å². The van der Waals surface area contributed by atoms with Gasteiger partial charge in [-0.15, -0.1) is 0 Å². The SMILES string of the molecule is CCN(CC(=O)O)C1CC(NC(=O)c2ccc(OC3CCCC3)c(OC)c2)C1. The quantitative estimate of drug-likeness (QED) is 0.674. The average molecular weight is 390 g/mol. The molecule has 1 aromatic rings. The number of hydrogen-bond donors (Lipinski definition) is 2. The third kappa shape index (κ3) is 4.95. The van der Waals surface area contributed by atoms with Crippen molar-refractivity contribution in [2.75, 3.05) is 20.2 Å². The molecule has 3 rings (SSSR count). The van der Waals surface area contributed by atoms with Gasteiger partial charge in [0.2, 0.25) is 0 Å². The zero-order valence-corrected chi connectivity index (χ0v) is 16.6. The molecule has 2 aliphatic carbocycles. The number of benzene rings is 1. The number of methoxy groups -OCH3 is 1. The number of carbonyl (C=O) groups excluding carboxylic acids is 1. The molecule has 2 aliphatic rings. The lowest BCUT2D eigenvalue weighted by atomic mass is 9.85. The molecule has 0 heterocycles. The second kappa shape index (κ2) is 9.28. The molecule has 0 aromatic heterocycles. The maximum atomic E-state index is 12.6. The van der Waals surface area contributed by atoms with Gasteiger partial charge in [-0.25, -0.2) is 0 Å². The van der Waals surface area contributed by atoms with Crippen molar-refractivity contribution >= 4 is 11.9 Å². The van der Waals surface area contributed by atoms with Crippen molar-refractivity contribution in [2.45, 2.75) is 63.6 Å². The molecule has 2 saturated carbocycles. The molecule has 154 valence electrons. The fourth-order valence-corrected chi connectivity index (χ4v) is 4.04. The summed E-state index contributed by atoms with van der Waals surface area (Å²) < 4.78 is 11.4. The van der Waals surface area contributed by atoms with E-state index in [4.69, 9.17) is 14.6 Å². The summed E-state index contributed by atoms with van der Waals surface area (Å²) in [4.78, 5) is 25.4. The molecule has 0 radical (unpaired) electrons. The standard InChI is InChI=1S/C21H30N2O5/c1-3-23(13-20(24)25)16-11-15(12-16)22-21(26)14-8-9-18(19(10-14)27-2)28-17-6-4-5-7-17/h8-10,15-17H,3-7,11-13H2,1-2H3,(H,22,26)(H,24,25). The third-order valence-electron chi connectivity index (χ3n) is 5.73. The first-order valence-electron chi connectivity index (χ1n) is 10.1. The van der Waals surface area contributed by atoms with E-state index >= 15 is 0 Å². The minimum Gasteiger partial charge on any atom is -0.493 e. The highest BCUT2D eigenvalue weighted by molar-refractivity contribution is 5.95. The van der Waals surface area contributed by atoms with Gasteiger partial charge in [0, 0.05) is 17.6 Å². The summed E-state index contributed by atoms with van der Waals surface area (Å²) in [6, 6.07) is 5.57. The number of likely N-dealkylation sites (N-methyl/N-ethyl adjacent to an activating group) is 1. The zero-order chi connectivity index (χ0) is 20.1. The fraction of sp³-hybridized carbons (Fsp3) is 0.619. The van der Waals surface area contributed by atoms with Crippen molar-refractivity contribution < 1.29 is 24.2 Å². The first-order chi connectivity index (χ1) is 13.5. The van der Waals surface area contributed by atoms with Gasteiger partial charge in [0.25, 0.3) is 5.91 Å². The molecule has 0 unspecified atom stereocenters. The molecule has 1 amide bonds. The van der Waals surface area contributed by atoms with Crippen molar-refractivity contribution in [3.8, 4) is 11.5 Å². The van der Waals surface area contributed by atoms with Gasteiger partial charge in [-0.3, -0.25) is 14.5 Å². The molecule has 0 spiro atoms. The molecule has 0 atom stereocenters. The smallest absolute Gasteiger partial charge is 0.317 e. The van der Waals surface area contributed by atoms with E-state index < -0.39 is 5.97 Å². The topological polar surface area (TPSA) is 88.1 Å². The second-order valence-electron chi connectivity index (χ2n) is 7.64. The van der Waals surface area contributed by atoms with Gasteiger partial charge in [-0.2, -0.15) is 0 Å². The van der Waals surface area contributed by atoms with Gasteiger partial charge in [0.05, 0.1) is 19.8 Å². The van der Waals surface area contributed by atoms with E-state index in [-0.39, 0.29) is 30.6 Å². The van der Waals surface area contributed by atoms with Crippen LogP contribution in [0.1, 0.15) is 55.8 Å². The molecular weight excluding hydrogens is 360 g/mol. The van der Waals surface area contributed by atoms with Crippen LogP contribution in [0.4, 0.5) is 0 Å². The molecule has 0 aliphatic heterocycles. The van der Waals surface area contributed by atoms with Gasteiger partial charge >= 0.3 is 5.97 Å². The molecular formula is C21H30N2O5. The zero-order valence-electron chi connectivity index (χ0n) is 16.6. The number of carbonyl (C=O) groups is 2. The van der Waals surface area contributed by atoms with Crippen LogP contribution in [0, 0.1) is 0 Å². The van der Waals surface area contributed by atoms with Gasteiger partial charge < -0.3 is 19.9 Å². The van der Waals surface area contributed by atoms with Crippen LogP contribution in [0.15, 0.2) is 18.2 Å². The van der Waals surface area contributed by atoms with E-state index in [1.54, 1.807) is 25.3 Å². The number of nitrogens with zero attached hydrogens (tertiary/aromatic N) is 1. The largest absolute Gasteiger partial charge is 0.493 e. The van der Waals surface area contributed by atoms with Crippen LogP contribution in [-0.4, -0.2) is 60.3 Å². The highest BCUT2D eigenvalue weighted by Gasteiger charge is 2.34. The number of rotatable bonds is 9. The summed E-state index contributed by atoms with van der Waals surface area (Å²) in [5.74, 6) is 0.295. The van der Waals surface area contributed by atoms with Crippen LogP contribution in [0.3, 0.4) is 0 Å². The van der Waals surface area contributed by atoms with Gasteiger partial charge in [-0.05, 0) is 63.3 Å². The first-order valence-corrected chi connectivity index (χ1v) is 10.1. The molecule has 1 aromatic carbocycles. The Labute approximate surface area is 166 Å². The van der Waals surface area contributed by atoms with Crippen molar-refractivity contribution in [2.24, 2.45) is 0 Å². The molecule has 0 bridgehead atoms. The maximum absolute atomic E-state index is 12.6. The molecule has 0 saturated heterocycles. The summed E-state index contributed by atoms with van der Waals surface area (Å²) in [5, 5.41) is 12.0.